The SMILES string of the molecule is CCCCCN(Cc1ccc(C(=O)O)cc1)C(=O)NC(Cc1ccccc1)C(=O)O. The summed E-state index contributed by atoms with van der Waals surface area (Å²) in [7, 11) is 0. The molecule has 0 aliphatic heterocycles. The van der Waals surface area contributed by atoms with Crippen LogP contribution >= 0.6 is 0 Å². The first-order valence-electron chi connectivity index (χ1n) is 10.0. The molecule has 2 amide bonds. The van der Waals surface area contributed by atoms with Crippen LogP contribution in [0.5, 0.6) is 0 Å². The van der Waals surface area contributed by atoms with Gasteiger partial charge in [-0.15, -0.1) is 0 Å². The molecule has 0 heterocycles. The predicted octanol–water partition coefficient (Wildman–Crippen LogP) is 3.78. The van der Waals surface area contributed by atoms with Crippen LogP contribution in [0.2, 0.25) is 0 Å². The number of carbonyl (C=O) groups excluding carboxylic acids is 1. The summed E-state index contributed by atoms with van der Waals surface area (Å²) in [5.41, 5.74) is 1.78. The molecule has 0 radical (unpaired) electrons. The van der Waals surface area contributed by atoms with Crippen molar-refractivity contribution in [2.75, 3.05) is 6.54 Å². The average molecular weight is 412 g/mol. The molecule has 0 fully saturated rings. The van der Waals surface area contributed by atoms with E-state index in [1.54, 1.807) is 17.0 Å². The zero-order chi connectivity index (χ0) is 21.9. The molecule has 0 aliphatic rings. The van der Waals surface area contributed by atoms with Gasteiger partial charge in [0, 0.05) is 19.5 Å². The zero-order valence-corrected chi connectivity index (χ0v) is 17.1. The van der Waals surface area contributed by atoms with Crippen molar-refractivity contribution in [2.24, 2.45) is 0 Å². The van der Waals surface area contributed by atoms with Crippen LogP contribution in [0.1, 0.15) is 47.7 Å². The van der Waals surface area contributed by atoms with E-state index in [9.17, 15) is 19.5 Å². The van der Waals surface area contributed by atoms with Crippen LogP contribution in [-0.4, -0.2) is 45.7 Å². The fourth-order valence-corrected chi connectivity index (χ4v) is 3.07. The fourth-order valence-electron chi connectivity index (χ4n) is 3.07. The van der Waals surface area contributed by atoms with Gasteiger partial charge < -0.3 is 20.4 Å². The monoisotopic (exact) mass is 412 g/mol. The molecular weight excluding hydrogens is 384 g/mol. The number of carbonyl (C=O) groups is 3. The van der Waals surface area contributed by atoms with Gasteiger partial charge >= 0.3 is 18.0 Å². The Morgan fingerprint density at radius 1 is 0.933 bits per heavy atom. The number of benzene rings is 2. The quantitative estimate of drug-likeness (QED) is 0.487. The van der Waals surface area contributed by atoms with Gasteiger partial charge in [0.15, 0.2) is 0 Å². The van der Waals surface area contributed by atoms with Crippen LogP contribution in [0, 0.1) is 0 Å². The minimum Gasteiger partial charge on any atom is -0.480 e. The van der Waals surface area contributed by atoms with E-state index in [0.29, 0.717) is 6.54 Å². The summed E-state index contributed by atoms with van der Waals surface area (Å²) in [5, 5.41) is 21.2. The molecule has 2 aromatic rings. The Labute approximate surface area is 176 Å². The third-order valence-corrected chi connectivity index (χ3v) is 4.77. The first-order chi connectivity index (χ1) is 14.4. The predicted molar refractivity (Wildman–Crippen MR) is 113 cm³/mol. The molecular formula is C23H28N2O5. The number of aromatic carboxylic acids is 1. The van der Waals surface area contributed by atoms with Crippen molar-refractivity contribution in [2.45, 2.75) is 45.2 Å². The van der Waals surface area contributed by atoms with E-state index >= 15 is 0 Å². The lowest BCUT2D eigenvalue weighted by atomic mass is 10.1. The summed E-state index contributed by atoms with van der Waals surface area (Å²) < 4.78 is 0. The van der Waals surface area contributed by atoms with Gasteiger partial charge in [0.05, 0.1) is 5.56 Å². The number of hydrogen-bond acceptors (Lipinski definition) is 3. The molecule has 0 saturated carbocycles. The second-order valence-corrected chi connectivity index (χ2v) is 7.16. The standard InChI is InChI=1S/C23H28N2O5/c1-2-3-7-14-25(16-18-10-12-19(13-11-18)21(26)27)23(30)24-20(22(28)29)15-17-8-5-4-6-9-17/h4-6,8-13,20H,2-3,7,14-16H2,1H3,(H,24,30)(H,26,27)(H,28,29). The second kappa shape index (κ2) is 11.6. The van der Waals surface area contributed by atoms with Gasteiger partial charge in [-0.3, -0.25) is 0 Å². The lowest BCUT2D eigenvalue weighted by molar-refractivity contribution is -0.139. The van der Waals surface area contributed by atoms with E-state index in [2.05, 4.69) is 12.2 Å². The summed E-state index contributed by atoms with van der Waals surface area (Å²) in [5.74, 6) is -2.10. The van der Waals surface area contributed by atoms with Crippen molar-refractivity contribution in [1.29, 1.82) is 0 Å². The Hall–Kier alpha value is -3.35. The highest BCUT2D eigenvalue weighted by Crippen LogP contribution is 2.11. The van der Waals surface area contributed by atoms with Crippen molar-refractivity contribution in [3.8, 4) is 0 Å². The Bertz CT molecular complexity index is 836. The van der Waals surface area contributed by atoms with Gasteiger partial charge in [-0.25, -0.2) is 14.4 Å². The van der Waals surface area contributed by atoms with Crippen LogP contribution < -0.4 is 5.32 Å². The Morgan fingerprint density at radius 2 is 1.60 bits per heavy atom. The number of nitrogens with one attached hydrogen (secondary N) is 1. The number of hydrogen-bond donors (Lipinski definition) is 3. The van der Waals surface area contributed by atoms with E-state index in [0.717, 1.165) is 30.4 Å². The van der Waals surface area contributed by atoms with Crippen molar-refractivity contribution in [3.05, 3.63) is 71.3 Å². The maximum atomic E-state index is 12.9. The number of amides is 2. The molecule has 0 bridgehead atoms. The molecule has 0 saturated heterocycles. The Balaban J connectivity index is 2.10. The average Bonchev–Trinajstić information content (AvgIpc) is 2.73. The normalized spacial score (nSPS) is 11.5. The lowest BCUT2D eigenvalue weighted by Gasteiger charge is -2.25. The summed E-state index contributed by atoms with van der Waals surface area (Å²) in [6, 6.07) is 14.0. The Morgan fingerprint density at radius 3 is 2.17 bits per heavy atom. The largest absolute Gasteiger partial charge is 0.480 e. The van der Waals surface area contributed by atoms with E-state index < -0.39 is 24.0 Å². The third-order valence-electron chi connectivity index (χ3n) is 4.77. The van der Waals surface area contributed by atoms with Crippen molar-refractivity contribution < 1.29 is 24.6 Å². The molecule has 7 nitrogen and oxygen atoms in total. The zero-order valence-electron chi connectivity index (χ0n) is 17.1. The number of carboxylic acids is 2. The van der Waals surface area contributed by atoms with E-state index in [1.807, 2.05) is 30.3 Å². The fraction of sp³-hybridized carbons (Fsp3) is 0.348. The maximum Gasteiger partial charge on any atom is 0.335 e. The van der Waals surface area contributed by atoms with E-state index in [4.69, 9.17) is 5.11 Å². The summed E-state index contributed by atoms with van der Waals surface area (Å²) >= 11 is 0. The van der Waals surface area contributed by atoms with Crippen LogP contribution in [0.15, 0.2) is 54.6 Å². The first kappa shape index (κ1) is 22.9. The molecule has 2 aromatic carbocycles. The van der Waals surface area contributed by atoms with Gasteiger partial charge in [0.25, 0.3) is 0 Å². The Kier molecular flexibility index (Phi) is 8.87. The molecule has 0 spiro atoms. The number of nitrogens with zero attached hydrogens (tertiary/aromatic N) is 1. The molecule has 2 rings (SSSR count). The summed E-state index contributed by atoms with van der Waals surface area (Å²) in [6.07, 6.45) is 2.94. The lowest BCUT2D eigenvalue weighted by Crippen LogP contribution is -2.48. The van der Waals surface area contributed by atoms with Gasteiger partial charge in [0.1, 0.15) is 6.04 Å². The number of aliphatic carboxylic acids is 1. The molecule has 7 heteroatoms. The van der Waals surface area contributed by atoms with Gasteiger partial charge in [-0.2, -0.15) is 0 Å². The minimum atomic E-state index is -1.09. The molecule has 30 heavy (non-hydrogen) atoms. The van der Waals surface area contributed by atoms with E-state index in [1.165, 1.54) is 12.1 Å². The maximum absolute atomic E-state index is 12.9. The van der Waals surface area contributed by atoms with Crippen LogP contribution in [0.3, 0.4) is 0 Å². The molecule has 0 aromatic heterocycles. The topological polar surface area (TPSA) is 107 Å². The number of unbranched alkanes of at least 4 members (excludes halogenated alkanes) is 2. The van der Waals surface area contributed by atoms with E-state index in [-0.39, 0.29) is 18.5 Å². The third kappa shape index (κ3) is 7.24. The molecule has 1 atom stereocenters. The molecule has 160 valence electrons. The minimum absolute atomic E-state index is 0.175. The van der Waals surface area contributed by atoms with Crippen LogP contribution in [0.25, 0.3) is 0 Å². The van der Waals surface area contributed by atoms with Crippen LogP contribution in [0.4, 0.5) is 4.79 Å². The highest BCUT2D eigenvalue weighted by atomic mass is 16.4. The molecule has 0 aliphatic carbocycles. The molecule has 3 N–H and O–H groups in total. The van der Waals surface area contributed by atoms with Gasteiger partial charge in [-0.05, 0) is 29.7 Å². The highest BCUT2D eigenvalue weighted by molar-refractivity contribution is 5.87. The number of urea groups is 1. The highest BCUT2D eigenvalue weighted by Gasteiger charge is 2.23. The number of rotatable bonds is 11. The van der Waals surface area contributed by atoms with Crippen molar-refractivity contribution >= 4 is 18.0 Å². The van der Waals surface area contributed by atoms with Crippen molar-refractivity contribution in [3.63, 3.8) is 0 Å². The summed E-state index contributed by atoms with van der Waals surface area (Å²) in [4.78, 5) is 37.2. The second-order valence-electron chi connectivity index (χ2n) is 7.16. The number of carboxylic acid groups (broad SMARTS) is 2. The first-order valence-corrected chi connectivity index (χ1v) is 10.0. The smallest absolute Gasteiger partial charge is 0.335 e. The summed E-state index contributed by atoms with van der Waals surface area (Å²) in [6.45, 7) is 2.82. The van der Waals surface area contributed by atoms with Gasteiger partial charge in [-0.1, -0.05) is 62.2 Å². The van der Waals surface area contributed by atoms with Gasteiger partial charge in [0.2, 0.25) is 0 Å². The van der Waals surface area contributed by atoms with Crippen LogP contribution in [-0.2, 0) is 17.8 Å². The van der Waals surface area contributed by atoms with Crippen molar-refractivity contribution in [1.82, 2.24) is 10.2 Å². The molecule has 1 unspecified atom stereocenters.